The first-order valence-corrected chi connectivity index (χ1v) is 10.1. The molecule has 1 saturated heterocycles. The quantitative estimate of drug-likeness (QED) is 0.327. The molecule has 1 N–H and O–H groups in total. The minimum atomic E-state index is -1.06. The minimum absolute atomic E-state index is 0.141. The van der Waals surface area contributed by atoms with Gasteiger partial charge in [0.1, 0.15) is 29.1 Å². The van der Waals surface area contributed by atoms with Gasteiger partial charge in [-0.3, -0.25) is 14.5 Å². The summed E-state index contributed by atoms with van der Waals surface area (Å²) in [4.78, 5) is 27.3. The Morgan fingerprint density at radius 1 is 1.16 bits per heavy atom. The number of aryl methyl sites for hydroxylation is 2. The fraction of sp³-hybridized carbons (Fsp3) is 0.167. The van der Waals surface area contributed by atoms with Crippen molar-refractivity contribution in [3.63, 3.8) is 0 Å². The van der Waals surface area contributed by atoms with E-state index >= 15 is 0 Å². The van der Waals surface area contributed by atoms with E-state index < -0.39 is 23.5 Å². The number of furan rings is 1. The average Bonchev–Trinajstić information content (AvgIpc) is 3.38. The standard InChI is InChI=1S/C24H19ClFNO5/c1-12-10-19(31-3)13(2)9-15(12)22(28)20-21(18-5-4-8-32-18)27(24(30)23(20)29)14-6-7-17(26)16(25)11-14/h4-11,21,28H,1-3H3/b22-20-. The molecule has 3 aromatic rings. The molecule has 0 radical (unpaired) electrons. The number of benzene rings is 2. The molecule has 1 aliphatic heterocycles. The third-order valence-corrected chi connectivity index (χ3v) is 5.73. The molecule has 1 aromatic heterocycles. The molecule has 1 aliphatic rings. The number of carbonyl (C=O) groups excluding carboxylic acids is 2. The van der Waals surface area contributed by atoms with Gasteiger partial charge in [-0.25, -0.2) is 4.39 Å². The Balaban J connectivity index is 1.95. The SMILES string of the molecule is COc1cc(C)c(/C(O)=C2/C(=O)C(=O)N(c3ccc(F)c(Cl)c3)C2c2ccco2)cc1C. The zero-order chi connectivity index (χ0) is 23.2. The van der Waals surface area contributed by atoms with Crippen molar-refractivity contribution in [1.29, 1.82) is 0 Å². The molecule has 0 aliphatic carbocycles. The summed E-state index contributed by atoms with van der Waals surface area (Å²) in [6.07, 6.45) is 1.40. The highest BCUT2D eigenvalue weighted by molar-refractivity contribution is 6.51. The van der Waals surface area contributed by atoms with Crippen molar-refractivity contribution in [1.82, 2.24) is 0 Å². The van der Waals surface area contributed by atoms with Crippen LogP contribution in [0.25, 0.3) is 5.76 Å². The summed E-state index contributed by atoms with van der Waals surface area (Å²) in [5.74, 6) is -1.90. The van der Waals surface area contributed by atoms with Gasteiger partial charge in [-0.05, 0) is 67.4 Å². The van der Waals surface area contributed by atoms with Gasteiger partial charge >= 0.3 is 0 Å². The molecule has 164 valence electrons. The third-order valence-electron chi connectivity index (χ3n) is 5.44. The summed E-state index contributed by atoms with van der Waals surface area (Å²) in [5, 5.41) is 11.0. The first kappa shape index (κ1) is 21.6. The van der Waals surface area contributed by atoms with Gasteiger partial charge < -0.3 is 14.3 Å². The van der Waals surface area contributed by atoms with Gasteiger partial charge in [-0.1, -0.05) is 11.6 Å². The van der Waals surface area contributed by atoms with Gasteiger partial charge in [0.2, 0.25) is 0 Å². The van der Waals surface area contributed by atoms with Gasteiger partial charge in [-0.15, -0.1) is 0 Å². The normalized spacial score (nSPS) is 17.8. The van der Waals surface area contributed by atoms with Crippen LogP contribution in [0.4, 0.5) is 10.1 Å². The van der Waals surface area contributed by atoms with Crippen molar-refractivity contribution in [3.8, 4) is 5.75 Å². The molecule has 8 heteroatoms. The number of hydrogen-bond donors (Lipinski definition) is 1. The van der Waals surface area contributed by atoms with Gasteiger partial charge in [0.05, 0.1) is 24.0 Å². The number of amides is 1. The molecule has 0 saturated carbocycles. The molecular weight excluding hydrogens is 437 g/mol. The number of ether oxygens (including phenoxy) is 1. The van der Waals surface area contributed by atoms with Crippen LogP contribution in [0.2, 0.25) is 5.02 Å². The highest BCUT2D eigenvalue weighted by atomic mass is 35.5. The first-order chi connectivity index (χ1) is 15.2. The molecular formula is C24H19ClFNO5. The smallest absolute Gasteiger partial charge is 0.300 e. The van der Waals surface area contributed by atoms with Crippen LogP contribution in [0.3, 0.4) is 0 Å². The van der Waals surface area contributed by atoms with Crippen LogP contribution in [0.15, 0.2) is 58.7 Å². The third kappa shape index (κ3) is 3.44. The van der Waals surface area contributed by atoms with Crippen molar-refractivity contribution >= 4 is 34.7 Å². The predicted octanol–water partition coefficient (Wildman–Crippen LogP) is 5.32. The number of carbonyl (C=O) groups is 2. The molecule has 1 amide bonds. The number of hydrogen-bond acceptors (Lipinski definition) is 5. The van der Waals surface area contributed by atoms with Crippen molar-refractivity contribution in [2.45, 2.75) is 19.9 Å². The van der Waals surface area contributed by atoms with Crippen molar-refractivity contribution in [2.75, 3.05) is 12.0 Å². The second-order valence-electron chi connectivity index (χ2n) is 7.42. The van der Waals surface area contributed by atoms with Crippen LogP contribution in [0, 0.1) is 19.7 Å². The Morgan fingerprint density at radius 3 is 2.53 bits per heavy atom. The maximum absolute atomic E-state index is 13.7. The van der Waals surface area contributed by atoms with E-state index in [9.17, 15) is 19.1 Å². The van der Waals surface area contributed by atoms with E-state index in [0.29, 0.717) is 16.9 Å². The number of aliphatic hydroxyl groups excluding tert-OH is 1. The zero-order valence-corrected chi connectivity index (χ0v) is 18.2. The zero-order valence-electron chi connectivity index (χ0n) is 17.5. The van der Waals surface area contributed by atoms with E-state index in [2.05, 4.69) is 0 Å². The van der Waals surface area contributed by atoms with Crippen molar-refractivity contribution in [3.05, 3.63) is 87.6 Å². The number of rotatable bonds is 4. The molecule has 2 heterocycles. The largest absolute Gasteiger partial charge is 0.507 e. The number of halogens is 2. The average molecular weight is 456 g/mol. The first-order valence-electron chi connectivity index (χ1n) is 9.69. The van der Waals surface area contributed by atoms with Crippen LogP contribution in [0.1, 0.15) is 28.5 Å². The monoisotopic (exact) mass is 455 g/mol. The van der Waals surface area contributed by atoms with E-state index in [-0.39, 0.29) is 27.8 Å². The molecule has 0 spiro atoms. The summed E-state index contributed by atoms with van der Waals surface area (Å²) >= 11 is 5.92. The van der Waals surface area contributed by atoms with Crippen LogP contribution in [-0.2, 0) is 9.59 Å². The summed E-state index contributed by atoms with van der Waals surface area (Å²) in [7, 11) is 1.54. The van der Waals surface area contributed by atoms with E-state index in [1.165, 1.54) is 25.5 Å². The number of nitrogens with zero attached hydrogens (tertiary/aromatic N) is 1. The number of methoxy groups -OCH3 is 1. The van der Waals surface area contributed by atoms with Gasteiger partial charge in [0.25, 0.3) is 11.7 Å². The Morgan fingerprint density at radius 2 is 1.91 bits per heavy atom. The Hall–Kier alpha value is -3.58. The summed E-state index contributed by atoms with van der Waals surface area (Å²) in [6.45, 7) is 3.56. The molecule has 1 atom stereocenters. The van der Waals surface area contributed by atoms with E-state index in [1.807, 2.05) is 0 Å². The number of aliphatic hydroxyl groups is 1. The van der Waals surface area contributed by atoms with Gasteiger partial charge in [-0.2, -0.15) is 0 Å². The Bertz CT molecular complexity index is 1270. The highest BCUT2D eigenvalue weighted by Crippen LogP contribution is 2.43. The Labute approximate surface area is 188 Å². The lowest BCUT2D eigenvalue weighted by atomic mass is 9.95. The lowest BCUT2D eigenvalue weighted by Gasteiger charge is -2.23. The molecule has 4 rings (SSSR count). The number of anilines is 1. The predicted molar refractivity (Wildman–Crippen MR) is 117 cm³/mol. The van der Waals surface area contributed by atoms with Crippen LogP contribution >= 0.6 is 11.6 Å². The molecule has 6 nitrogen and oxygen atoms in total. The van der Waals surface area contributed by atoms with Crippen LogP contribution in [0.5, 0.6) is 5.75 Å². The molecule has 1 fully saturated rings. The summed E-state index contributed by atoms with van der Waals surface area (Å²) < 4.78 is 24.5. The maximum Gasteiger partial charge on any atom is 0.300 e. The van der Waals surface area contributed by atoms with Crippen LogP contribution in [-0.4, -0.2) is 23.9 Å². The number of ketones is 1. The lowest BCUT2D eigenvalue weighted by molar-refractivity contribution is -0.132. The fourth-order valence-corrected chi connectivity index (χ4v) is 4.03. The summed E-state index contributed by atoms with van der Waals surface area (Å²) in [5.41, 5.74) is 1.84. The molecule has 1 unspecified atom stereocenters. The van der Waals surface area contributed by atoms with E-state index in [0.717, 1.165) is 16.5 Å². The summed E-state index contributed by atoms with van der Waals surface area (Å²) in [6, 6.07) is 9.25. The molecule has 0 bridgehead atoms. The topological polar surface area (TPSA) is 80.0 Å². The molecule has 2 aromatic carbocycles. The maximum atomic E-state index is 13.7. The second-order valence-corrected chi connectivity index (χ2v) is 7.83. The van der Waals surface area contributed by atoms with Gasteiger partial charge in [0, 0.05) is 11.3 Å². The molecule has 32 heavy (non-hydrogen) atoms. The van der Waals surface area contributed by atoms with Crippen LogP contribution < -0.4 is 9.64 Å². The minimum Gasteiger partial charge on any atom is -0.507 e. The van der Waals surface area contributed by atoms with E-state index in [1.54, 1.807) is 38.1 Å². The Kier molecular flexibility index (Phi) is 5.52. The fourth-order valence-electron chi connectivity index (χ4n) is 3.86. The van der Waals surface area contributed by atoms with Gasteiger partial charge in [0.15, 0.2) is 0 Å². The van der Waals surface area contributed by atoms with Crippen molar-refractivity contribution < 1.29 is 28.2 Å². The second kappa shape index (κ2) is 8.16. The number of Topliss-reactive ketones (excluding diaryl/α,β-unsaturated/α-hetero) is 1. The van der Waals surface area contributed by atoms with Crippen molar-refractivity contribution in [2.24, 2.45) is 0 Å². The van der Waals surface area contributed by atoms with E-state index in [4.69, 9.17) is 20.8 Å². The lowest BCUT2D eigenvalue weighted by Crippen LogP contribution is -2.29. The highest BCUT2D eigenvalue weighted by Gasteiger charge is 2.48.